The van der Waals surface area contributed by atoms with Crippen LogP contribution < -0.4 is 0 Å². The van der Waals surface area contributed by atoms with Crippen molar-refractivity contribution in [2.75, 3.05) is 0 Å². The minimum Gasteiger partial charge on any atom is -0.383 e. The Kier molecular flexibility index (Phi) is 2.63. The molecule has 0 saturated heterocycles. The molecule has 1 N–H and O–H groups in total. The number of rotatable bonds is 2. The number of aromatic nitrogens is 2. The van der Waals surface area contributed by atoms with Crippen LogP contribution in [0.5, 0.6) is 0 Å². The van der Waals surface area contributed by atoms with Gasteiger partial charge in [0.15, 0.2) is 0 Å². The molecule has 15 heavy (non-hydrogen) atoms. The highest BCUT2D eigenvalue weighted by molar-refractivity contribution is 7.12. The van der Waals surface area contributed by atoms with Gasteiger partial charge in [-0.1, -0.05) is 0 Å². The van der Waals surface area contributed by atoms with E-state index < -0.39 is 6.10 Å². The molecule has 2 heterocycles. The Balaban J connectivity index is 2.35. The van der Waals surface area contributed by atoms with Crippen LogP contribution in [0.15, 0.2) is 18.3 Å². The molecular weight excluding hydrogens is 208 g/mol. The fraction of sp³-hybridized carbons (Fsp3) is 0.364. The summed E-state index contributed by atoms with van der Waals surface area (Å²) < 4.78 is 1.73. The van der Waals surface area contributed by atoms with Crippen LogP contribution >= 0.6 is 11.3 Å². The second kappa shape index (κ2) is 3.79. The lowest BCUT2D eigenvalue weighted by Gasteiger charge is -2.06. The van der Waals surface area contributed by atoms with E-state index >= 15 is 0 Å². The number of aliphatic hydroxyl groups is 1. The second-order valence-corrected chi connectivity index (χ2v) is 5.01. The van der Waals surface area contributed by atoms with Crippen LogP contribution in [0.2, 0.25) is 0 Å². The van der Waals surface area contributed by atoms with Crippen LogP contribution in [0.3, 0.4) is 0 Å². The van der Waals surface area contributed by atoms with Gasteiger partial charge in [-0.25, -0.2) is 0 Å². The number of aliphatic hydroxyl groups excluding tert-OH is 1. The molecule has 0 aliphatic rings. The first kappa shape index (κ1) is 10.4. The van der Waals surface area contributed by atoms with Crippen molar-refractivity contribution in [1.29, 1.82) is 0 Å². The molecule has 0 fully saturated rings. The van der Waals surface area contributed by atoms with Crippen molar-refractivity contribution in [1.82, 2.24) is 9.78 Å². The average molecular weight is 222 g/mol. The topological polar surface area (TPSA) is 38.0 Å². The van der Waals surface area contributed by atoms with Crippen molar-refractivity contribution >= 4 is 11.3 Å². The molecule has 0 radical (unpaired) electrons. The molecule has 3 nitrogen and oxygen atoms in total. The van der Waals surface area contributed by atoms with E-state index in [0.717, 1.165) is 16.1 Å². The van der Waals surface area contributed by atoms with Gasteiger partial charge in [0.1, 0.15) is 6.10 Å². The Hall–Kier alpha value is -1.13. The van der Waals surface area contributed by atoms with Crippen LogP contribution in [0, 0.1) is 13.8 Å². The summed E-state index contributed by atoms with van der Waals surface area (Å²) in [5, 5.41) is 14.4. The number of thiophene rings is 1. The molecule has 1 atom stereocenters. The second-order valence-electron chi connectivity index (χ2n) is 3.69. The number of hydrogen-bond acceptors (Lipinski definition) is 3. The molecule has 0 amide bonds. The van der Waals surface area contributed by atoms with E-state index in [1.807, 2.05) is 39.2 Å². The predicted octanol–water partition coefficient (Wildman–Crippen LogP) is 2.18. The maximum atomic E-state index is 10.2. The Morgan fingerprint density at radius 2 is 2.13 bits per heavy atom. The van der Waals surface area contributed by atoms with Crippen LogP contribution in [-0.4, -0.2) is 14.9 Å². The molecule has 2 rings (SSSR count). The molecule has 0 spiro atoms. The van der Waals surface area contributed by atoms with E-state index in [1.54, 1.807) is 16.0 Å². The van der Waals surface area contributed by atoms with Crippen molar-refractivity contribution < 1.29 is 5.11 Å². The van der Waals surface area contributed by atoms with Gasteiger partial charge in [-0.15, -0.1) is 11.3 Å². The van der Waals surface area contributed by atoms with E-state index in [1.165, 1.54) is 4.88 Å². The van der Waals surface area contributed by atoms with Crippen molar-refractivity contribution in [3.05, 3.63) is 39.3 Å². The molecule has 0 bridgehead atoms. The number of aryl methyl sites for hydroxylation is 3. The first-order chi connectivity index (χ1) is 7.08. The van der Waals surface area contributed by atoms with Crippen LogP contribution in [0.25, 0.3) is 0 Å². The maximum Gasteiger partial charge on any atom is 0.116 e. The molecule has 0 aliphatic heterocycles. The van der Waals surface area contributed by atoms with Gasteiger partial charge >= 0.3 is 0 Å². The maximum absolute atomic E-state index is 10.2. The third-order valence-electron chi connectivity index (χ3n) is 2.38. The smallest absolute Gasteiger partial charge is 0.116 e. The van der Waals surface area contributed by atoms with E-state index in [4.69, 9.17) is 0 Å². The summed E-state index contributed by atoms with van der Waals surface area (Å²) in [5.41, 5.74) is 1.77. The summed E-state index contributed by atoms with van der Waals surface area (Å²) in [5.74, 6) is 0. The van der Waals surface area contributed by atoms with Gasteiger partial charge in [0.05, 0.1) is 5.69 Å². The molecule has 4 heteroatoms. The van der Waals surface area contributed by atoms with E-state index in [2.05, 4.69) is 5.10 Å². The Morgan fingerprint density at radius 3 is 2.60 bits per heavy atom. The summed E-state index contributed by atoms with van der Waals surface area (Å²) in [6.07, 6.45) is 1.33. The first-order valence-electron chi connectivity index (χ1n) is 4.82. The molecule has 0 aliphatic carbocycles. The molecule has 0 aromatic carbocycles. The first-order valence-corrected chi connectivity index (χ1v) is 5.64. The number of nitrogens with zero attached hydrogens (tertiary/aromatic N) is 2. The highest BCUT2D eigenvalue weighted by Crippen LogP contribution is 2.29. The van der Waals surface area contributed by atoms with Crippen LogP contribution in [0.4, 0.5) is 0 Å². The molecule has 2 aromatic heterocycles. The van der Waals surface area contributed by atoms with Gasteiger partial charge < -0.3 is 5.11 Å². The van der Waals surface area contributed by atoms with E-state index in [-0.39, 0.29) is 0 Å². The van der Waals surface area contributed by atoms with E-state index in [0.29, 0.717) is 0 Å². The Labute approximate surface area is 93.0 Å². The van der Waals surface area contributed by atoms with Crippen LogP contribution in [0.1, 0.15) is 27.1 Å². The fourth-order valence-electron chi connectivity index (χ4n) is 1.64. The van der Waals surface area contributed by atoms with Crippen molar-refractivity contribution in [3.63, 3.8) is 0 Å². The minimum atomic E-state index is -0.544. The predicted molar refractivity (Wildman–Crippen MR) is 61.1 cm³/mol. The molecule has 2 aromatic rings. The average Bonchev–Trinajstić information content (AvgIpc) is 2.71. The van der Waals surface area contributed by atoms with Gasteiger partial charge in [-0.3, -0.25) is 4.68 Å². The zero-order valence-corrected chi connectivity index (χ0v) is 9.88. The lowest BCUT2D eigenvalue weighted by atomic mass is 10.1. The summed E-state index contributed by atoms with van der Waals surface area (Å²) in [6, 6.07) is 3.99. The third kappa shape index (κ3) is 1.96. The Bertz CT molecular complexity index is 473. The highest BCUT2D eigenvalue weighted by Gasteiger charge is 2.16. The molecule has 1 unspecified atom stereocenters. The van der Waals surface area contributed by atoms with Gasteiger partial charge in [-0.2, -0.15) is 5.10 Å². The molecular formula is C11H14N2OS. The summed E-state index contributed by atoms with van der Waals surface area (Å²) in [7, 11) is 1.86. The number of hydrogen-bond donors (Lipinski definition) is 1. The largest absolute Gasteiger partial charge is 0.383 e. The standard InChI is InChI=1S/C11H14N2OS/c1-7-4-5-10(15-7)11(14)9-6-13(3)12-8(9)2/h4-6,11,14H,1-3H3. The van der Waals surface area contributed by atoms with E-state index in [9.17, 15) is 5.11 Å². The Morgan fingerprint density at radius 1 is 1.40 bits per heavy atom. The minimum absolute atomic E-state index is 0.544. The molecule has 80 valence electrons. The van der Waals surface area contributed by atoms with Crippen molar-refractivity contribution in [3.8, 4) is 0 Å². The van der Waals surface area contributed by atoms with Gasteiger partial charge in [0.25, 0.3) is 0 Å². The quantitative estimate of drug-likeness (QED) is 0.845. The van der Waals surface area contributed by atoms with Crippen molar-refractivity contribution in [2.45, 2.75) is 20.0 Å². The normalized spacial score (nSPS) is 13.1. The highest BCUT2D eigenvalue weighted by atomic mass is 32.1. The monoisotopic (exact) mass is 222 g/mol. The SMILES string of the molecule is Cc1ccc(C(O)c2cn(C)nc2C)s1. The van der Waals surface area contributed by atoms with Gasteiger partial charge in [0.2, 0.25) is 0 Å². The zero-order chi connectivity index (χ0) is 11.0. The van der Waals surface area contributed by atoms with Gasteiger partial charge in [-0.05, 0) is 26.0 Å². The molecule has 0 saturated carbocycles. The third-order valence-corrected chi connectivity index (χ3v) is 3.43. The lowest BCUT2D eigenvalue weighted by Crippen LogP contribution is -1.97. The van der Waals surface area contributed by atoms with Gasteiger partial charge in [0, 0.05) is 28.6 Å². The zero-order valence-electron chi connectivity index (χ0n) is 9.06. The lowest BCUT2D eigenvalue weighted by molar-refractivity contribution is 0.223. The summed E-state index contributed by atoms with van der Waals surface area (Å²) in [6.45, 7) is 3.95. The van der Waals surface area contributed by atoms with Crippen molar-refractivity contribution in [2.24, 2.45) is 7.05 Å². The van der Waals surface area contributed by atoms with Crippen LogP contribution in [-0.2, 0) is 7.05 Å². The fourth-order valence-corrected chi connectivity index (χ4v) is 2.52. The summed E-state index contributed by atoms with van der Waals surface area (Å²) >= 11 is 1.62. The summed E-state index contributed by atoms with van der Waals surface area (Å²) in [4.78, 5) is 2.19.